The van der Waals surface area contributed by atoms with Crippen molar-refractivity contribution in [3.8, 4) is 0 Å². The first-order valence-corrected chi connectivity index (χ1v) is 4.10. The van der Waals surface area contributed by atoms with Gasteiger partial charge in [0.2, 0.25) is 0 Å². The second-order valence-corrected chi connectivity index (χ2v) is 2.73. The van der Waals surface area contributed by atoms with Crippen molar-refractivity contribution in [1.82, 2.24) is 0 Å². The summed E-state index contributed by atoms with van der Waals surface area (Å²) < 4.78 is 63.5. The van der Waals surface area contributed by atoms with E-state index in [2.05, 4.69) is 9.05 Å². The van der Waals surface area contributed by atoms with Gasteiger partial charge in [-0.15, -0.1) is 0 Å². The summed E-state index contributed by atoms with van der Waals surface area (Å²) in [5.74, 6) is 0. The van der Waals surface area contributed by atoms with Crippen LogP contribution in [0.2, 0.25) is 0 Å². The van der Waals surface area contributed by atoms with Gasteiger partial charge in [0, 0.05) is 0 Å². The highest BCUT2D eigenvalue weighted by molar-refractivity contribution is 7.33. The Morgan fingerprint density at radius 2 is 1.33 bits per heavy atom. The number of alkyl halides is 4. The molecule has 0 saturated heterocycles. The van der Waals surface area contributed by atoms with Crippen molar-refractivity contribution in [2.45, 2.75) is 12.9 Å². The van der Waals surface area contributed by atoms with Gasteiger partial charge in [0.1, 0.15) is 13.2 Å². The molecule has 3 nitrogen and oxygen atoms in total. The highest BCUT2D eigenvalue weighted by atomic mass is 31.1. The van der Waals surface area contributed by atoms with E-state index in [-0.39, 0.29) is 0 Å². The van der Waals surface area contributed by atoms with Gasteiger partial charge < -0.3 is 9.05 Å². The summed E-state index contributed by atoms with van der Waals surface area (Å²) in [5, 5.41) is 0. The first kappa shape index (κ1) is 11.9. The molecule has 8 heteroatoms. The highest BCUT2D eigenvalue weighted by Gasteiger charge is 2.09. The molecule has 0 saturated carbocycles. The minimum Gasteiger partial charge on any atom is -0.305 e. The number of hydrogen-bond donors (Lipinski definition) is 0. The fraction of sp³-hybridized carbons (Fsp3) is 1.00. The van der Waals surface area contributed by atoms with E-state index in [0.717, 1.165) is 0 Å². The molecule has 0 aliphatic carbocycles. The first-order chi connectivity index (χ1) is 5.52. The monoisotopic (exact) mass is 210 g/mol. The molecule has 0 rings (SSSR count). The number of hydrogen-bond acceptors (Lipinski definition) is 3. The van der Waals surface area contributed by atoms with E-state index in [1.807, 2.05) is 0 Å². The van der Waals surface area contributed by atoms with Gasteiger partial charge in [0.15, 0.2) is 0 Å². The fourth-order valence-electron chi connectivity index (χ4n) is 0.304. The van der Waals surface area contributed by atoms with Crippen LogP contribution in [0.15, 0.2) is 0 Å². The van der Waals surface area contributed by atoms with Crippen molar-refractivity contribution in [2.75, 3.05) is 13.2 Å². The summed E-state index contributed by atoms with van der Waals surface area (Å²) in [5.41, 5.74) is 0. The molecule has 0 fully saturated rings. The molecule has 0 aromatic carbocycles. The SMILES string of the molecule is O=[PH](OCC(F)F)OCC(F)F. The smallest absolute Gasteiger partial charge is 0.305 e. The van der Waals surface area contributed by atoms with E-state index >= 15 is 0 Å². The fourth-order valence-corrected chi connectivity index (χ4v) is 0.911. The molecular weight excluding hydrogens is 203 g/mol. The average Bonchev–Trinajstić information content (AvgIpc) is 1.96. The van der Waals surface area contributed by atoms with Crippen LogP contribution in [0.25, 0.3) is 0 Å². The van der Waals surface area contributed by atoms with E-state index < -0.39 is 34.3 Å². The van der Waals surface area contributed by atoms with Crippen molar-refractivity contribution in [1.29, 1.82) is 0 Å². The Kier molecular flexibility index (Phi) is 6.32. The average molecular weight is 210 g/mol. The van der Waals surface area contributed by atoms with Crippen LogP contribution in [0, 0.1) is 0 Å². The third kappa shape index (κ3) is 7.97. The molecule has 0 unspecified atom stereocenters. The van der Waals surface area contributed by atoms with Crippen LogP contribution in [-0.4, -0.2) is 26.1 Å². The summed E-state index contributed by atoms with van der Waals surface area (Å²) in [6, 6.07) is 0. The molecule has 0 aromatic heterocycles. The predicted molar refractivity (Wildman–Crippen MR) is 32.9 cm³/mol. The van der Waals surface area contributed by atoms with Crippen LogP contribution in [0.3, 0.4) is 0 Å². The molecule has 0 radical (unpaired) electrons. The molecule has 12 heavy (non-hydrogen) atoms. The van der Waals surface area contributed by atoms with Gasteiger partial charge >= 0.3 is 8.25 Å². The Labute approximate surface area is 66.6 Å². The molecule has 0 amide bonds. The van der Waals surface area contributed by atoms with Crippen molar-refractivity contribution in [2.24, 2.45) is 0 Å². The van der Waals surface area contributed by atoms with E-state index in [0.29, 0.717) is 0 Å². The van der Waals surface area contributed by atoms with Gasteiger partial charge in [-0.05, 0) is 0 Å². The summed E-state index contributed by atoms with van der Waals surface area (Å²) in [7, 11) is -3.19. The second-order valence-electron chi connectivity index (χ2n) is 1.65. The largest absolute Gasteiger partial charge is 0.319 e. The Balaban J connectivity index is 3.34. The van der Waals surface area contributed by atoms with Crippen molar-refractivity contribution in [3.05, 3.63) is 0 Å². The quantitative estimate of drug-likeness (QED) is 0.496. The van der Waals surface area contributed by atoms with Gasteiger partial charge in [-0.2, -0.15) is 0 Å². The molecule has 74 valence electrons. The predicted octanol–water partition coefficient (Wildman–Crippen LogP) is 1.94. The maximum atomic E-state index is 11.3. The first-order valence-electron chi connectivity index (χ1n) is 2.88. The molecule has 0 aromatic rings. The van der Waals surface area contributed by atoms with Crippen LogP contribution in [-0.2, 0) is 13.6 Å². The third-order valence-corrected chi connectivity index (χ3v) is 1.46. The van der Waals surface area contributed by atoms with Gasteiger partial charge in [0.25, 0.3) is 12.9 Å². The zero-order valence-electron chi connectivity index (χ0n) is 5.81. The Bertz CT molecular complexity index is 128. The van der Waals surface area contributed by atoms with Crippen molar-refractivity contribution < 1.29 is 31.2 Å². The van der Waals surface area contributed by atoms with Crippen molar-refractivity contribution >= 4 is 8.25 Å². The lowest BCUT2D eigenvalue weighted by atomic mass is 10.8. The van der Waals surface area contributed by atoms with E-state index in [9.17, 15) is 22.1 Å². The minimum absolute atomic E-state index is 1.07. The van der Waals surface area contributed by atoms with Gasteiger partial charge in [-0.1, -0.05) is 0 Å². The van der Waals surface area contributed by atoms with Crippen molar-refractivity contribution in [3.63, 3.8) is 0 Å². The molecule has 0 bridgehead atoms. The topological polar surface area (TPSA) is 35.5 Å². The summed E-state index contributed by atoms with van der Waals surface area (Å²) >= 11 is 0. The summed E-state index contributed by atoms with van der Waals surface area (Å²) in [6.45, 7) is -2.14. The van der Waals surface area contributed by atoms with Gasteiger partial charge in [0.05, 0.1) is 0 Å². The maximum absolute atomic E-state index is 11.3. The molecule has 0 spiro atoms. The summed E-state index contributed by atoms with van der Waals surface area (Å²) in [6.07, 6.45) is -5.57. The Hall–Kier alpha value is -0.130. The van der Waals surface area contributed by atoms with Crippen LogP contribution >= 0.6 is 8.25 Å². The Morgan fingerprint density at radius 1 is 1.00 bits per heavy atom. The lowest BCUT2D eigenvalue weighted by molar-refractivity contribution is 0.0537. The van der Waals surface area contributed by atoms with E-state index in [4.69, 9.17) is 0 Å². The number of halogens is 4. The number of rotatable bonds is 6. The lowest BCUT2D eigenvalue weighted by Gasteiger charge is -2.03. The van der Waals surface area contributed by atoms with Crippen LogP contribution in [0.5, 0.6) is 0 Å². The molecule has 0 aliphatic heterocycles. The zero-order valence-corrected chi connectivity index (χ0v) is 6.81. The Morgan fingerprint density at radius 3 is 1.58 bits per heavy atom. The highest BCUT2D eigenvalue weighted by Crippen LogP contribution is 2.24. The molecule has 0 atom stereocenters. The molecular formula is C4H7F4O3P. The van der Waals surface area contributed by atoms with E-state index in [1.165, 1.54) is 0 Å². The minimum atomic E-state index is -3.19. The zero-order chi connectivity index (χ0) is 9.56. The molecule has 0 heterocycles. The normalized spacial score (nSPS) is 11.9. The molecule has 0 aliphatic rings. The van der Waals surface area contributed by atoms with Crippen LogP contribution in [0.1, 0.15) is 0 Å². The maximum Gasteiger partial charge on any atom is 0.319 e. The lowest BCUT2D eigenvalue weighted by Crippen LogP contribution is -2.03. The standard InChI is InChI=1S/C4H7F4O3P/c5-3(6)1-10-12(9)11-2-4(7)8/h3-4,12H,1-2H2. The second kappa shape index (κ2) is 6.39. The van der Waals surface area contributed by atoms with Crippen LogP contribution in [0.4, 0.5) is 17.6 Å². The molecule has 0 N–H and O–H groups in total. The summed E-state index contributed by atoms with van der Waals surface area (Å²) in [4.78, 5) is 0. The van der Waals surface area contributed by atoms with E-state index in [1.54, 1.807) is 0 Å². The van der Waals surface area contributed by atoms with Gasteiger partial charge in [-0.25, -0.2) is 17.6 Å². The third-order valence-electron chi connectivity index (χ3n) is 0.654. The van der Waals surface area contributed by atoms with Gasteiger partial charge in [-0.3, -0.25) is 4.57 Å². The van der Waals surface area contributed by atoms with Crippen LogP contribution < -0.4 is 0 Å².